The van der Waals surface area contributed by atoms with E-state index in [1.165, 1.54) is 11.3 Å². The molecule has 0 unspecified atom stereocenters. The highest BCUT2D eigenvalue weighted by Crippen LogP contribution is 2.22. The van der Waals surface area contributed by atoms with Gasteiger partial charge in [0.1, 0.15) is 5.75 Å². The van der Waals surface area contributed by atoms with E-state index in [2.05, 4.69) is 0 Å². The van der Waals surface area contributed by atoms with Crippen LogP contribution in [0.15, 0.2) is 35.0 Å². The molecule has 2 rings (SSSR count). The highest BCUT2D eigenvalue weighted by molar-refractivity contribution is 7.08. The third-order valence-corrected chi connectivity index (χ3v) is 3.31. The van der Waals surface area contributed by atoms with Crippen LogP contribution in [0.5, 0.6) is 5.75 Å². The largest absolute Gasteiger partial charge is 0.496 e. The molecule has 0 N–H and O–H groups in total. The summed E-state index contributed by atoms with van der Waals surface area (Å²) in [6, 6.07) is 7.75. The molecule has 3 heteroatoms. The van der Waals surface area contributed by atoms with E-state index in [1.807, 2.05) is 41.9 Å². The summed E-state index contributed by atoms with van der Waals surface area (Å²) in [6.45, 7) is 2.01. The first kappa shape index (κ1) is 11.9. The Bertz CT molecular complexity index is 515. The Kier molecular flexibility index (Phi) is 3.59. The smallest absolute Gasteiger partial charge is 0.168 e. The number of aryl methyl sites for hydroxylation is 1. The van der Waals surface area contributed by atoms with Crippen LogP contribution in [0.4, 0.5) is 0 Å². The van der Waals surface area contributed by atoms with Gasteiger partial charge >= 0.3 is 0 Å². The average molecular weight is 246 g/mol. The molecule has 88 valence electrons. The van der Waals surface area contributed by atoms with Crippen molar-refractivity contribution in [2.45, 2.75) is 13.3 Å². The summed E-state index contributed by atoms with van der Waals surface area (Å²) < 4.78 is 5.27. The highest BCUT2D eigenvalue weighted by Gasteiger charge is 2.11. The van der Waals surface area contributed by atoms with Crippen LogP contribution in [-0.4, -0.2) is 12.9 Å². The predicted molar refractivity (Wildman–Crippen MR) is 70.1 cm³/mol. The van der Waals surface area contributed by atoms with Crippen molar-refractivity contribution < 1.29 is 9.53 Å². The Balaban J connectivity index is 2.23. The molecule has 0 spiro atoms. The molecule has 0 bridgehead atoms. The third-order valence-electron chi connectivity index (χ3n) is 2.63. The van der Waals surface area contributed by atoms with E-state index in [1.54, 1.807) is 7.11 Å². The van der Waals surface area contributed by atoms with Gasteiger partial charge < -0.3 is 4.74 Å². The zero-order valence-electron chi connectivity index (χ0n) is 9.90. The Labute approximate surface area is 105 Å². The van der Waals surface area contributed by atoms with Crippen molar-refractivity contribution in [1.29, 1.82) is 0 Å². The minimum atomic E-state index is 0.134. The molecule has 0 saturated heterocycles. The fourth-order valence-electron chi connectivity index (χ4n) is 1.74. The number of rotatable bonds is 4. The summed E-state index contributed by atoms with van der Waals surface area (Å²) in [5.41, 5.74) is 2.86. The maximum atomic E-state index is 12.0. The number of Topliss-reactive ketones (excluding diaryl/α,β-unsaturated/α-hetero) is 1. The molecule has 1 heterocycles. The van der Waals surface area contributed by atoms with E-state index in [-0.39, 0.29) is 5.78 Å². The van der Waals surface area contributed by atoms with E-state index >= 15 is 0 Å². The summed E-state index contributed by atoms with van der Waals surface area (Å²) in [5, 5.41) is 3.80. The Hall–Kier alpha value is -1.61. The molecule has 1 aromatic carbocycles. The van der Waals surface area contributed by atoms with Crippen LogP contribution >= 0.6 is 11.3 Å². The molecule has 2 aromatic rings. The lowest BCUT2D eigenvalue weighted by Crippen LogP contribution is -2.04. The number of ketones is 1. The maximum Gasteiger partial charge on any atom is 0.168 e. The van der Waals surface area contributed by atoms with Crippen LogP contribution in [-0.2, 0) is 6.42 Å². The second-order valence-electron chi connectivity index (χ2n) is 3.93. The van der Waals surface area contributed by atoms with Crippen LogP contribution in [0.2, 0.25) is 0 Å². The third kappa shape index (κ3) is 2.74. The van der Waals surface area contributed by atoms with Gasteiger partial charge in [-0.15, -0.1) is 0 Å². The van der Waals surface area contributed by atoms with Crippen LogP contribution in [0, 0.1) is 6.92 Å². The molecule has 0 aliphatic carbocycles. The zero-order chi connectivity index (χ0) is 12.3. The molecule has 0 aliphatic heterocycles. The number of ether oxygens (including phenoxy) is 1. The molecule has 0 amide bonds. The number of hydrogen-bond acceptors (Lipinski definition) is 3. The minimum Gasteiger partial charge on any atom is -0.496 e. The molecule has 0 atom stereocenters. The molecule has 0 saturated carbocycles. The summed E-state index contributed by atoms with van der Waals surface area (Å²) in [5.74, 6) is 0.911. The van der Waals surface area contributed by atoms with Crippen molar-refractivity contribution in [3.05, 3.63) is 51.7 Å². The number of hydrogen-bond donors (Lipinski definition) is 0. The van der Waals surface area contributed by atoms with E-state index < -0.39 is 0 Å². The zero-order valence-corrected chi connectivity index (χ0v) is 10.7. The quantitative estimate of drug-likeness (QED) is 0.772. The summed E-state index contributed by atoms with van der Waals surface area (Å²) in [7, 11) is 1.63. The summed E-state index contributed by atoms with van der Waals surface area (Å²) >= 11 is 1.54. The number of carbonyl (C=O) groups is 1. The SMILES string of the molecule is COc1ccc(C)cc1CC(=O)c1ccsc1. The molecular formula is C14H14O2S. The molecule has 17 heavy (non-hydrogen) atoms. The van der Waals surface area contributed by atoms with Crippen LogP contribution in [0.1, 0.15) is 21.5 Å². The van der Waals surface area contributed by atoms with Gasteiger partial charge in [-0.05, 0) is 24.4 Å². The monoisotopic (exact) mass is 246 g/mol. The van der Waals surface area contributed by atoms with Gasteiger partial charge in [0.15, 0.2) is 5.78 Å². The minimum absolute atomic E-state index is 0.134. The van der Waals surface area contributed by atoms with Crippen molar-refractivity contribution in [3.8, 4) is 5.75 Å². The van der Waals surface area contributed by atoms with Gasteiger partial charge in [0.25, 0.3) is 0 Å². The first-order valence-corrected chi connectivity index (χ1v) is 6.34. The van der Waals surface area contributed by atoms with Crippen LogP contribution in [0.25, 0.3) is 0 Å². The average Bonchev–Trinajstić information content (AvgIpc) is 2.83. The van der Waals surface area contributed by atoms with Crippen molar-refractivity contribution in [1.82, 2.24) is 0 Å². The van der Waals surface area contributed by atoms with Crippen LogP contribution in [0.3, 0.4) is 0 Å². The standard InChI is InChI=1S/C14H14O2S/c1-10-3-4-14(16-2)12(7-10)8-13(15)11-5-6-17-9-11/h3-7,9H,8H2,1-2H3. The molecule has 2 nitrogen and oxygen atoms in total. The second kappa shape index (κ2) is 5.15. The van der Waals surface area contributed by atoms with Gasteiger partial charge in [-0.2, -0.15) is 11.3 Å². The lowest BCUT2D eigenvalue weighted by atomic mass is 10.0. The normalized spacial score (nSPS) is 10.2. The molecule has 1 aromatic heterocycles. The van der Waals surface area contributed by atoms with Crippen molar-refractivity contribution in [2.75, 3.05) is 7.11 Å². The highest BCUT2D eigenvalue weighted by atomic mass is 32.1. The Morgan fingerprint density at radius 2 is 2.18 bits per heavy atom. The van der Waals surface area contributed by atoms with Gasteiger partial charge in [0.05, 0.1) is 7.11 Å². The number of methoxy groups -OCH3 is 1. The lowest BCUT2D eigenvalue weighted by molar-refractivity contribution is 0.0992. The van der Waals surface area contributed by atoms with E-state index in [0.717, 1.165) is 22.4 Å². The maximum absolute atomic E-state index is 12.0. The van der Waals surface area contributed by atoms with E-state index in [4.69, 9.17) is 4.74 Å². The molecule has 0 fully saturated rings. The Morgan fingerprint density at radius 1 is 1.35 bits per heavy atom. The van der Waals surface area contributed by atoms with Crippen molar-refractivity contribution in [2.24, 2.45) is 0 Å². The molecule has 0 radical (unpaired) electrons. The first-order chi connectivity index (χ1) is 8.20. The summed E-state index contributed by atoms with van der Waals surface area (Å²) in [6.07, 6.45) is 0.390. The number of thiophene rings is 1. The second-order valence-corrected chi connectivity index (χ2v) is 4.71. The predicted octanol–water partition coefficient (Wildman–Crippen LogP) is 3.49. The van der Waals surface area contributed by atoms with Gasteiger partial charge in [0.2, 0.25) is 0 Å². The lowest BCUT2D eigenvalue weighted by Gasteiger charge is -2.08. The van der Waals surface area contributed by atoms with Crippen molar-refractivity contribution >= 4 is 17.1 Å². The van der Waals surface area contributed by atoms with Gasteiger partial charge in [-0.25, -0.2) is 0 Å². The van der Waals surface area contributed by atoms with Crippen molar-refractivity contribution in [3.63, 3.8) is 0 Å². The van der Waals surface area contributed by atoms with E-state index in [9.17, 15) is 4.79 Å². The topological polar surface area (TPSA) is 26.3 Å². The first-order valence-electron chi connectivity index (χ1n) is 5.39. The summed E-state index contributed by atoms with van der Waals surface area (Å²) in [4.78, 5) is 12.0. The number of carbonyl (C=O) groups excluding carboxylic acids is 1. The Morgan fingerprint density at radius 3 is 2.82 bits per heavy atom. The fraction of sp³-hybridized carbons (Fsp3) is 0.214. The van der Waals surface area contributed by atoms with Gasteiger partial charge in [-0.3, -0.25) is 4.79 Å². The van der Waals surface area contributed by atoms with Crippen LogP contribution < -0.4 is 4.74 Å². The molecular weight excluding hydrogens is 232 g/mol. The van der Waals surface area contributed by atoms with E-state index in [0.29, 0.717) is 6.42 Å². The fourth-order valence-corrected chi connectivity index (χ4v) is 2.40. The van der Waals surface area contributed by atoms with Gasteiger partial charge in [0, 0.05) is 22.9 Å². The van der Waals surface area contributed by atoms with Gasteiger partial charge in [-0.1, -0.05) is 17.7 Å². The molecule has 0 aliphatic rings. The number of benzene rings is 1.